The van der Waals surface area contributed by atoms with Crippen molar-refractivity contribution in [3.63, 3.8) is 0 Å². The van der Waals surface area contributed by atoms with Crippen molar-refractivity contribution in [1.82, 2.24) is 14.7 Å². The number of aryl methyl sites for hydroxylation is 1. The molecule has 1 rings (SSSR count). The molecule has 1 aromatic heterocycles. The van der Waals surface area contributed by atoms with E-state index < -0.39 is 0 Å². The lowest BCUT2D eigenvalue weighted by Gasteiger charge is -2.08. The normalized spacial score (nSPS) is 10.9. The molecule has 0 atom stereocenters. The first-order valence-corrected chi connectivity index (χ1v) is 4.11. The van der Waals surface area contributed by atoms with Gasteiger partial charge in [-0.3, -0.25) is 4.68 Å². The van der Waals surface area contributed by atoms with Crippen LogP contribution in [0.5, 0.6) is 0 Å². The van der Waals surface area contributed by atoms with Crippen LogP contribution in [0, 0.1) is 0 Å². The first-order chi connectivity index (χ1) is 5.68. The average molecular weight is 168 g/mol. The summed E-state index contributed by atoms with van der Waals surface area (Å²) in [4.78, 5) is 2.16. The lowest BCUT2D eigenvalue weighted by Crippen LogP contribution is -2.15. The van der Waals surface area contributed by atoms with E-state index in [9.17, 15) is 0 Å². The number of rotatable bonds is 4. The Bertz CT molecular complexity index is 229. The zero-order valence-corrected chi connectivity index (χ0v) is 7.70. The highest BCUT2D eigenvalue weighted by atomic mass is 15.3. The predicted octanol–water partition coefficient (Wildman–Crippen LogP) is 0.417. The van der Waals surface area contributed by atoms with Crippen LogP contribution in [-0.2, 0) is 6.54 Å². The summed E-state index contributed by atoms with van der Waals surface area (Å²) in [5, 5.41) is 4.09. The number of hydrogen-bond donors (Lipinski definition) is 1. The Balaban J connectivity index is 2.24. The van der Waals surface area contributed by atoms with E-state index in [1.807, 2.05) is 10.9 Å². The van der Waals surface area contributed by atoms with Gasteiger partial charge in [0.1, 0.15) is 0 Å². The highest BCUT2D eigenvalue weighted by Crippen LogP contribution is 1.98. The second kappa shape index (κ2) is 4.11. The zero-order valence-electron chi connectivity index (χ0n) is 7.70. The van der Waals surface area contributed by atoms with Gasteiger partial charge < -0.3 is 10.6 Å². The van der Waals surface area contributed by atoms with Gasteiger partial charge in [0.15, 0.2) is 0 Å². The number of anilines is 1. The number of nitrogens with zero attached hydrogens (tertiary/aromatic N) is 3. The van der Waals surface area contributed by atoms with Crippen molar-refractivity contribution in [2.24, 2.45) is 0 Å². The van der Waals surface area contributed by atoms with Crippen LogP contribution in [-0.4, -0.2) is 35.3 Å². The van der Waals surface area contributed by atoms with Crippen molar-refractivity contribution in [2.45, 2.75) is 13.0 Å². The van der Waals surface area contributed by atoms with E-state index >= 15 is 0 Å². The molecule has 12 heavy (non-hydrogen) atoms. The quantitative estimate of drug-likeness (QED) is 0.708. The molecule has 0 aliphatic carbocycles. The van der Waals surface area contributed by atoms with E-state index in [-0.39, 0.29) is 0 Å². The standard InChI is InChI=1S/C8H16N4/c1-11(2)4-3-5-12-7-8(9)6-10-12/h6-7H,3-5,9H2,1-2H3. The van der Waals surface area contributed by atoms with Crippen LogP contribution >= 0.6 is 0 Å². The first kappa shape index (κ1) is 9.06. The van der Waals surface area contributed by atoms with Crippen molar-refractivity contribution in [3.05, 3.63) is 12.4 Å². The molecule has 1 heterocycles. The van der Waals surface area contributed by atoms with Crippen LogP contribution < -0.4 is 5.73 Å². The Labute approximate surface area is 73.0 Å². The summed E-state index contributed by atoms with van der Waals surface area (Å²) in [6.45, 7) is 2.02. The smallest absolute Gasteiger partial charge is 0.0719 e. The van der Waals surface area contributed by atoms with Gasteiger partial charge in [-0.15, -0.1) is 0 Å². The predicted molar refractivity (Wildman–Crippen MR) is 49.8 cm³/mol. The van der Waals surface area contributed by atoms with E-state index in [4.69, 9.17) is 5.73 Å². The summed E-state index contributed by atoms with van der Waals surface area (Å²) in [7, 11) is 4.13. The van der Waals surface area contributed by atoms with Crippen molar-refractivity contribution in [1.29, 1.82) is 0 Å². The first-order valence-electron chi connectivity index (χ1n) is 4.11. The van der Waals surface area contributed by atoms with Gasteiger partial charge in [0.2, 0.25) is 0 Å². The summed E-state index contributed by atoms with van der Waals surface area (Å²) in [6.07, 6.45) is 4.64. The van der Waals surface area contributed by atoms with Gasteiger partial charge >= 0.3 is 0 Å². The fourth-order valence-electron chi connectivity index (χ4n) is 1.05. The fourth-order valence-corrected chi connectivity index (χ4v) is 1.05. The third-order valence-corrected chi connectivity index (χ3v) is 1.65. The zero-order chi connectivity index (χ0) is 8.97. The summed E-state index contributed by atoms with van der Waals surface area (Å²) in [6, 6.07) is 0. The fraction of sp³-hybridized carbons (Fsp3) is 0.625. The van der Waals surface area contributed by atoms with Crippen molar-refractivity contribution in [3.8, 4) is 0 Å². The Kier molecular flexibility index (Phi) is 3.10. The maximum atomic E-state index is 5.52. The number of aromatic nitrogens is 2. The van der Waals surface area contributed by atoms with Gasteiger partial charge in [0, 0.05) is 12.7 Å². The maximum absolute atomic E-state index is 5.52. The van der Waals surface area contributed by atoms with Gasteiger partial charge in [-0.2, -0.15) is 5.10 Å². The largest absolute Gasteiger partial charge is 0.396 e. The molecule has 0 saturated heterocycles. The molecule has 0 spiro atoms. The lowest BCUT2D eigenvalue weighted by atomic mass is 10.4. The average Bonchev–Trinajstić information content (AvgIpc) is 2.35. The monoisotopic (exact) mass is 168 g/mol. The maximum Gasteiger partial charge on any atom is 0.0719 e. The summed E-state index contributed by atoms with van der Waals surface area (Å²) < 4.78 is 1.87. The van der Waals surface area contributed by atoms with Crippen LogP contribution in [0.25, 0.3) is 0 Å². The molecule has 4 nitrogen and oxygen atoms in total. The molecule has 1 aromatic rings. The summed E-state index contributed by atoms with van der Waals surface area (Å²) >= 11 is 0. The van der Waals surface area contributed by atoms with E-state index in [1.165, 1.54) is 0 Å². The Morgan fingerprint density at radius 2 is 2.33 bits per heavy atom. The minimum Gasteiger partial charge on any atom is -0.396 e. The van der Waals surface area contributed by atoms with Crippen LogP contribution in [0.2, 0.25) is 0 Å². The minimum atomic E-state index is 0.736. The molecule has 0 amide bonds. The van der Waals surface area contributed by atoms with E-state index in [2.05, 4.69) is 24.1 Å². The second-order valence-electron chi connectivity index (χ2n) is 3.19. The van der Waals surface area contributed by atoms with E-state index in [0.29, 0.717) is 0 Å². The van der Waals surface area contributed by atoms with Crippen LogP contribution in [0.4, 0.5) is 5.69 Å². The van der Waals surface area contributed by atoms with Gasteiger partial charge in [-0.25, -0.2) is 0 Å². The molecule has 0 fully saturated rings. The van der Waals surface area contributed by atoms with Gasteiger partial charge in [-0.1, -0.05) is 0 Å². The molecule has 2 N–H and O–H groups in total. The molecule has 0 radical (unpaired) electrons. The third kappa shape index (κ3) is 2.92. The minimum absolute atomic E-state index is 0.736. The molecular formula is C8H16N4. The molecule has 0 aromatic carbocycles. The van der Waals surface area contributed by atoms with Crippen molar-refractivity contribution >= 4 is 5.69 Å². The highest BCUT2D eigenvalue weighted by molar-refractivity contribution is 5.30. The summed E-state index contributed by atoms with van der Waals surface area (Å²) in [5.41, 5.74) is 6.25. The molecule has 0 bridgehead atoms. The van der Waals surface area contributed by atoms with Gasteiger partial charge in [0.25, 0.3) is 0 Å². The molecule has 4 heteroatoms. The summed E-state index contributed by atoms with van der Waals surface area (Å²) in [5.74, 6) is 0. The highest BCUT2D eigenvalue weighted by Gasteiger charge is 1.94. The molecule has 0 aliphatic rings. The number of nitrogens with two attached hydrogens (primary N) is 1. The lowest BCUT2D eigenvalue weighted by molar-refractivity contribution is 0.380. The van der Waals surface area contributed by atoms with E-state index in [0.717, 1.165) is 25.2 Å². The van der Waals surface area contributed by atoms with Crippen LogP contribution in [0.3, 0.4) is 0 Å². The van der Waals surface area contributed by atoms with Gasteiger partial charge in [-0.05, 0) is 27.1 Å². The molecule has 0 aliphatic heterocycles. The molecule has 0 saturated carbocycles. The third-order valence-electron chi connectivity index (χ3n) is 1.65. The van der Waals surface area contributed by atoms with Crippen molar-refractivity contribution in [2.75, 3.05) is 26.4 Å². The SMILES string of the molecule is CN(C)CCCn1cc(N)cn1. The Morgan fingerprint density at radius 3 is 2.83 bits per heavy atom. The van der Waals surface area contributed by atoms with Crippen LogP contribution in [0.1, 0.15) is 6.42 Å². The second-order valence-corrected chi connectivity index (χ2v) is 3.19. The number of hydrogen-bond acceptors (Lipinski definition) is 3. The molecular weight excluding hydrogens is 152 g/mol. The Morgan fingerprint density at radius 1 is 1.58 bits per heavy atom. The number of nitrogen functional groups attached to an aromatic ring is 1. The molecule has 0 unspecified atom stereocenters. The van der Waals surface area contributed by atoms with Crippen molar-refractivity contribution < 1.29 is 0 Å². The van der Waals surface area contributed by atoms with E-state index in [1.54, 1.807) is 6.20 Å². The topological polar surface area (TPSA) is 47.1 Å². The van der Waals surface area contributed by atoms with Crippen LogP contribution in [0.15, 0.2) is 12.4 Å². The Hall–Kier alpha value is -1.03. The molecule has 68 valence electrons. The van der Waals surface area contributed by atoms with Gasteiger partial charge in [0.05, 0.1) is 11.9 Å².